The fourth-order valence-electron chi connectivity index (χ4n) is 2.46. The number of aromatic nitrogens is 1. The Hall–Kier alpha value is -1.62. The maximum absolute atomic E-state index is 12.5. The number of likely N-dealkylation sites (N-methyl/N-ethyl adjacent to an activating group) is 1. The van der Waals surface area contributed by atoms with E-state index in [1.165, 1.54) is 0 Å². The molecule has 1 saturated heterocycles. The quantitative estimate of drug-likeness (QED) is 0.889. The number of nitrogens with zero attached hydrogens (tertiary/aromatic N) is 3. The van der Waals surface area contributed by atoms with Gasteiger partial charge in [0.1, 0.15) is 0 Å². The van der Waals surface area contributed by atoms with Crippen LogP contribution in [0.15, 0.2) is 12.3 Å². The zero-order chi connectivity index (χ0) is 14.0. The smallest absolute Gasteiger partial charge is 0.257 e. The molecule has 0 aliphatic carbocycles. The van der Waals surface area contributed by atoms with Crippen LogP contribution >= 0.6 is 0 Å². The molecule has 5 heteroatoms. The Balaban J connectivity index is 2.17. The van der Waals surface area contributed by atoms with Crippen molar-refractivity contribution >= 4 is 11.6 Å². The Morgan fingerprint density at radius 1 is 1.53 bits per heavy atom. The van der Waals surface area contributed by atoms with Crippen molar-refractivity contribution in [1.82, 2.24) is 14.8 Å². The van der Waals surface area contributed by atoms with Crippen molar-refractivity contribution in [3.05, 3.63) is 23.5 Å². The molecule has 2 rings (SSSR count). The van der Waals surface area contributed by atoms with Gasteiger partial charge in [0.15, 0.2) is 0 Å². The van der Waals surface area contributed by atoms with Crippen LogP contribution in [0, 0.1) is 6.92 Å². The number of hydrogen-bond acceptors (Lipinski definition) is 4. The standard InChI is InChI=1S/C14H22N4O/c1-10-7-13(15-2)12(8-16-10)14(19)18-6-5-11(9-18)17(3)4/h7-8,11H,5-6,9H2,1-4H3,(H,15,16). The molecule has 2 heterocycles. The first-order valence-corrected chi connectivity index (χ1v) is 6.63. The maximum Gasteiger partial charge on any atom is 0.257 e. The summed E-state index contributed by atoms with van der Waals surface area (Å²) in [5.41, 5.74) is 2.42. The number of pyridine rings is 1. The van der Waals surface area contributed by atoms with Crippen molar-refractivity contribution in [3.8, 4) is 0 Å². The lowest BCUT2D eigenvalue weighted by Crippen LogP contribution is -2.34. The van der Waals surface area contributed by atoms with Crippen LogP contribution in [0.1, 0.15) is 22.5 Å². The molecule has 0 radical (unpaired) electrons. The van der Waals surface area contributed by atoms with Crippen molar-refractivity contribution in [1.29, 1.82) is 0 Å². The maximum atomic E-state index is 12.5. The lowest BCUT2D eigenvalue weighted by atomic mass is 10.2. The van der Waals surface area contributed by atoms with Crippen molar-refractivity contribution in [2.45, 2.75) is 19.4 Å². The number of amides is 1. The normalized spacial score (nSPS) is 19.0. The SMILES string of the molecule is CNc1cc(C)ncc1C(=O)N1CCC(N(C)C)C1. The zero-order valence-electron chi connectivity index (χ0n) is 12.1. The predicted octanol–water partition coefficient (Wildman–Crippen LogP) is 1.21. The lowest BCUT2D eigenvalue weighted by Gasteiger charge is -2.21. The summed E-state index contributed by atoms with van der Waals surface area (Å²) >= 11 is 0. The monoisotopic (exact) mass is 262 g/mol. The minimum atomic E-state index is 0.0706. The summed E-state index contributed by atoms with van der Waals surface area (Å²) < 4.78 is 0. The van der Waals surface area contributed by atoms with Gasteiger partial charge in [0.2, 0.25) is 0 Å². The lowest BCUT2D eigenvalue weighted by molar-refractivity contribution is 0.0783. The summed E-state index contributed by atoms with van der Waals surface area (Å²) in [6.07, 6.45) is 2.71. The van der Waals surface area contributed by atoms with Crippen LogP contribution in [0.3, 0.4) is 0 Å². The molecule has 1 aliphatic rings. The Labute approximate surface area is 114 Å². The van der Waals surface area contributed by atoms with Crippen LogP contribution in [0.2, 0.25) is 0 Å². The van der Waals surface area contributed by atoms with Gasteiger partial charge in [-0.2, -0.15) is 0 Å². The molecule has 0 aromatic carbocycles. The van der Waals surface area contributed by atoms with Gasteiger partial charge in [-0.05, 0) is 33.5 Å². The van der Waals surface area contributed by atoms with E-state index in [2.05, 4.69) is 29.3 Å². The molecule has 1 aliphatic heterocycles. The second-order valence-electron chi connectivity index (χ2n) is 5.28. The summed E-state index contributed by atoms with van der Waals surface area (Å²) in [7, 11) is 5.95. The second kappa shape index (κ2) is 5.57. The Morgan fingerprint density at radius 2 is 2.26 bits per heavy atom. The van der Waals surface area contributed by atoms with Gasteiger partial charge in [-0.25, -0.2) is 0 Å². The van der Waals surface area contributed by atoms with Crippen LogP contribution in [0.4, 0.5) is 5.69 Å². The van der Waals surface area contributed by atoms with Crippen LogP contribution in [0.25, 0.3) is 0 Å². The first-order chi connectivity index (χ1) is 9.02. The van der Waals surface area contributed by atoms with E-state index >= 15 is 0 Å². The van der Waals surface area contributed by atoms with E-state index in [9.17, 15) is 4.79 Å². The van der Waals surface area contributed by atoms with Crippen LogP contribution in [0.5, 0.6) is 0 Å². The summed E-state index contributed by atoms with van der Waals surface area (Å²) in [6, 6.07) is 2.37. The Bertz CT molecular complexity index is 473. The molecule has 0 spiro atoms. The van der Waals surface area contributed by atoms with Gasteiger partial charge in [-0.15, -0.1) is 0 Å². The Kier molecular flexibility index (Phi) is 4.04. The minimum absolute atomic E-state index is 0.0706. The van der Waals surface area contributed by atoms with Gasteiger partial charge in [0.25, 0.3) is 5.91 Å². The van der Waals surface area contributed by atoms with Crippen LogP contribution in [-0.4, -0.2) is 61.0 Å². The third-order valence-corrected chi connectivity index (χ3v) is 3.72. The molecule has 104 valence electrons. The number of carbonyl (C=O) groups excluding carboxylic acids is 1. The number of rotatable bonds is 3. The fourth-order valence-corrected chi connectivity index (χ4v) is 2.46. The first kappa shape index (κ1) is 13.8. The van der Waals surface area contributed by atoms with Crippen molar-refractivity contribution < 1.29 is 4.79 Å². The van der Waals surface area contributed by atoms with E-state index < -0.39 is 0 Å². The number of likely N-dealkylation sites (tertiary alicyclic amines) is 1. The summed E-state index contributed by atoms with van der Waals surface area (Å²) in [6.45, 7) is 3.54. The third kappa shape index (κ3) is 2.87. The van der Waals surface area contributed by atoms with Gasteiger partial charge in [-0.1, -0.05) is 0 Å². The molecule has 0 saturated carbocycles. The molecule has 5 nitrogen and oxygen atoms in total. The highest BCUT2D eigenvalue weighted by atomic mass is 16.2. The van der Waals surface area contributed by atoms with E-state index in [0.717, 1.165) is 30.9 Å². The number of hydrogen-bond donors (Lipinski definition) is 1. The predicted molar refractivity (Wildman–Crippen MR) is 76.5 cm³/mol. The van der Waals surface area contributed by atoms with Gasteiger partial charge in [0, 0.05) is 38.1 Å². The molecule has 1 aromatic rings. The molecule has 1 atom stereocenters. The largest absolute Gasteiger partial charge is 0.387 e. The fraction of sp³-hybridized carbons (Fsp3) is 0.571. The van der Waals surface area contributed by atoms with Crippen molar-refractivity contribution in [2.75, 3.05) is 39.5 Å². The number of carbonyl (C=O) groups is 1. The van der Waals surface area contributed by atoms with E-state index in [1.54, 1.807) is 6.20 Å². The average molecular weight is 262 g/mol. The topological polar surface area (TPSA) is 48.5 Å². The summed E-state index contributed by atoms with van der Waals surface area (Å²) in [5, 5.41) is 3.08. The zero-order valence-corrected chi connectivity index (χ0v) is 12.1. The molecular formula is C14H22N4O. The summed E-state index contributed by atoms with van der Waals surface area (Å²) in [5.74, 6) is 0.0706. The van der Waals surface area contributed by atoms with Gasteiger partial charge < -0.3 is 15.1 Å². The number of anilines is 1. The van der Waals surface area contributed by atoms with Gasteiger partial charge >= 0.3 is 0 Å². The molecule has 1 aromatic heterocycles. The minimum Gasteiger partial charge on any atom is -0.387 e. The molecule has 19 heavy (non-hydrogen) atoms. The van der Waals surface area contributed by atoms with Crippen molar-refractivity contribution in [2.24, 2.45) is 0 Å². The van der Waals surface area contributed by atoms with E-state index in [1.807, 2.05) is 24.9 Å². The molecule has 1 unspecified atom stereocenters. The van der Waals surface area contributed by atoms with Crippen molar-refractivity contribution in [3.63, 3.8) is 0 Å². The van der Waals surface area contributed by atoms with Crippen LogP contribution in [-0.2, 0) is 0 Å². The van der Waals surface area contributed by atoms with E-state index in [-0.39, 0.29) is 5.91 Å². The molecule has 1 amide bonds. The molecule has 0 bridgehead atoms. The molecule has 1 fully saturated rings. The van der Waals surface area contributed by atoms with E-state index in [4.69, 9.17) is 0 Å². The highest BCUT2D eigenvalue weighted by Crippen LogP contribution is 2.21. The summed E-state index contributed by atoms with van der Waals surface area (Å²) in [4.78, 5) is 20.9. The highest BCUT2D eigenvalue weighted by Gasteiger charge is 2.29. The number of nitrogens with one attached hydrogen (secondary N) is 1. The highest BCUT2D eigenvalue weighted by molar-refractivity contribution is 5.99. The molecule has 1 N–H and O–H groups in total. The van der Waals surface area contributed by atoms with Gasteiger partial charge in [-0.3, -0.25) is 9.78 Å². The first-order valence-electron chi connectivity index (χ1n) is 6.63. The Morgan fingerprint density at radius 3 is 2.84 bits per heavy atom. The van der Waals surface area contributed by atoms with Crippen LogP contribution < -0.4 is 5.32 Å². The average Bonchev–Trinajstić information content (AvgIpc) is 2.87. The van der Waals surface area contributed by atoms with Gasteiger partial charge in [0.05, 0.1) is 11.3 Å². The molecular weight excluding hydrogens is 240 g/mol. The second-order valence-corrected chi connectivity index (χ2v) is 5.28. The van der Waals surface area contributed by atoms with E-state index in [0.29, 0.717) is 11.6 Å². The number of aryl methyl sites for hydroxylation is 1. The third-order valence-electron chi connectivity index (χ3n) is 3.72.